The van der Waals surface area contributed by atoms with E-state index in [4.69, 9.17) is 8.94 Å². The van der Waals surface area contributed by atoms with Gasteiger partial charge in [-0.05, 0) is 44.0 Å². The van der Waals surface area contributed by atoms with Crippen LogP contribution in [0.15, 0.2) is 45.3 Å². The standard InChI is InChI=1S/C19H20N2O3/c1-12-6-4-5-7-15(12)11-20-19(22)18-9-8-16(23-18)10-17-13(2)21-24-14(17)3/h4-9H,10-11H2,1-3H3,(H,20,22). The van der Waals surface area contributed by atoms with Gasteiger partial charge in [0.15, 0.2) is 5.76 Å². The molecule has 0 fully saturated rings. The van der Waals surface area contributed by atoms with E-state index >= 15 is 0 Å². The smallest absolute Gasteiger partial charge is 0.287 e. The fourth-order valence-electron chi connectivity index (χ4n) is 2.59. The number of aryl methyl sites for hydroxylation is 3. The molecule has 0 saturated heterocycles. The van der Waals surface area contributed by atoms with Crippen molar-refractivity contribution in [1.29, 1.82) is 0 Å². The van der Waals surface area contributed by atoms with Crippen LogP contribution in [-0.4, -0.2) is 11.1 Å². The molecule has 24 heavy (non-hydrogen) atoms. The van der Waals surface area contributed by atoms with Gasteiger partial charge in [0.2, 0.25) is 0 Å². The Labute approximate surface area is 140 Å². The second kappa shape index (κ2) is 6.74. The first-order valence-corrected chi connectivity index (χ1v) is 7.87. The molecular formula is C19H20N2O3. The van der Waals surface area contributed by atoms with Crippen molar-refractivity contribution < 1.29 is 13.7 Å². The van der Waals surface area contributed by atoms with Crippen molar-refractivity contribution in [1.82, 2.24) is 10.5 Å². The summed E-state index contributed by atoms with van der Waals surface area (Å²) in [4.78, 5) is 12.2. The molecule has 1 aromatic carbocycles. The Balaban J connectivity index is 1.65. The molecule has 5 heteroatoms. The number of rotatable bonds is 5. The molecule has 5 nitrogen and oxygen atoms in total. The summed E-state index contributed by atoms with van der Waals surface area (Å²) >= 11 is 0. The lowest BCUT2D eigenvalue weighted by molar-refractivity contribution is 0.0921. The summed E-state index contributed by atoms with van der Waals surface area (Å²) in [6.07, 6.45) is 0.562. The minimum absolute atomic E-state index is 0.219. The number of carbonyl (C=O) groups excluding carboxylic acids is 1. The van der Waals surface area contributed by atoms with Crippen LogP contribution in [-0.2, 0) is 13.0 Å². The first-order chi connectivity index (χ1) is 11.5. The maximum atomic E-state index is 12.2. The molecule has 1 amide bonds. The molecule has 0 unspecified atom stereocenters. The van der Waals surface area contributed by atoms with E-state index in [9.17, 15) is 4.79 Å². The Hall–Kier alpha value is -2.82. The van der Waals surface area contributed by atoms with Gasteiger partial charge in [-0.2, -0.15) is 0 Å². The molecule has 0 aliphatic carbocycles. The van der Waals surface area contributed by atoms with Crippen LogP contribution in [0.4, 0.5) is 0 Å². The maximum absolute atomic E-state index is 12.2. The van der Waals surface area contributed by atoms with E-state index in [1.165, 1.54) is 0 Å². The van der Waals surface area contributed by atoms with Gasteiger partial charge < -0.3 is 14.3 Å². The van der Waals surface area contributed by atoms with Crippen LogP contribution in [0.1, 0.15) is 44.5 Å². The van der Waals surface area contributed by atoms with Crippen molar-refractivity contribution in [2.24, 2.45) is 0 Å². The van der Waals surface area contributed by atoms with Gasteiger partial charge in [0.1, 0.15) is 11.5 Å². The van der Waals surface area contributed by atoms with E-state index in [-0.39, 0.29) is 5.91 Å². The van der Waals surface area contributed by atoms with Crippen LogP contribution in [0.25, 0.3) is 0 Å². The van der Waals surface area contributed by atoms with E-state index in [0.717, 1.165) is 28.1 Å². The van der Waals surface area contributed by atoms with E-state index in [1.807, 2.05) is 51.1 Å². The highest BCUT2D eigenvalue weighted by Crippen LogP contribution is 2.19. The fraction of sp³-hybridized carbons (Fsp3) is 0.263. The first kappa shape index (κ1) is 16.1. The highest BCUT2D eigenvalue weighted by molar-refractivity contribution is 5.91. The predicted molar refractivity (Wildman–Crippen MR) is 89.8 cm³/mol. The van der Waals surface area contributed by atoms with Crippen molar-refractivity contribution in [3.8, 4) is 0 Å². The van der Waals surface area contributed by atoms with Gasteiger partial charge in [-0.15, -0.1) is 0 Å². The average molecular weight is 324 g/mol. The molecule has 1 N–H and O–H groups in total. The van der Waals surface area contributed by atoms with Gasteiger partial charge in [0.05, 0.1) is 5.69 Å². The summed E-state index contributed by atoms with van der Waals surface area (Å²) in [5.41, 5.74) is 4.08. The van der Waals surface area contributed by atoms with Crippen LogP contribution in [0.3, 0.4) is 0 Å². The molecule has 0 radical (unpaired) electrons. The highest BCUT2D eigenvalue weighted by Gasteiger charge is 2.15. The Morgan fingerprint density at radius 3 is 2.62 bits per heavy atom. The summed E-state index contributed by atoms with van der Waals surface area (Å²) < 4.78 is 10.8. The van der Waals surface area contributed by atoms with Crippen molar-refractivity contribution in [2.75, 3.05) is 0 Å². The topological polar surface area (TPSA) is 68.3 Å². The molecule has 3 rings (SSSR count). The molecule has 0 saturated carbocycles. The van der Waals surface area contributed by atoms with Crippen LogP contribution >= 0.6 is 0 Å². The van der Waals surface area contributed by atoms with Crippen molar-refractivity contribution in [3.05, 3.63) is 76.1 Å². The Morgan fingerprint density at radius 1 is 1.12 bits per heavy atom. The van der Waals surface area contributed by atoms with Crippen molar-refractivity contribution >= 4 is 5.91 Å². The molecule has 124 valence electrons. The van der Waals surface area contributed by atoms with Gasteiger partial charge in [-0.3, -0.25) is 4.79 Å². The summed E-state index contributed by atoms with van der Waals surface area (Å²) in [5.74, 6) is 1.58. The summed E-state index contributed by atoms with van der Waals surface area (Å²) in [6.45, 7) is 6.26. The minimum Gasteiger partial charge on any atom is -0.456 e. The third kappa shape index (κ3) is 3.40. The lowest BCUT2D eigenvalue weighted by atomic mass is 10.1. The SMILES string of the molecule is Cc1ccccc1CNC(=O)c1ccc(Cc2c(C)noc2C)o1. The summed E-state index contributed by atoms with van der Waals surface area (Å²) in [7, 11) is 0. The Bertz CT molecular complexity index is 842. The van der Waals surface area contributed by atoms with E-state index < -0.39 is 0 Å². The van der Waals surface area contributed by atoms with Crippen molar-refractivity contribution in [3.63, 3.8) is 0 Å². The number of carbonyl (C=O) groups is 1. The van der Waals surface area contributed by atoms with Crippen LogP contribution < -0.4 is 5.32 Å². The lowest BCUT2D eigenvalue weighted by Gasteiger charge is -2.06. The largest absolute Gasteiger partial charge is 0.456 e. The number of benzene rings is 1. The fourth-order valence-corrected chi connectivity index (χ4v) is 2.59. The summed E-state index contributed by atoms with van der Waals surface area (Å²) in [6, 6.07) is 11.5. The number of hydrogen-bond acceptors (Lipinski definition) is 4. The number of amides is 1. The number of nitrogens with zero attached hydrogens (tertiary/aromatic N) is 1. The van der Waals surface area contributed by atoms with Crippen LogP contribution in [0.2, 0.25) is 0 Å². The Kier molecular flexibility index (Phi) is 4.51. The molecule has 2 aromatic heterocycles. The third-order valence-electron chi connectivity index (χ3n) is 4.12. The molecule has 0 aliphatic rings. The van der Waals surface area contributed by atoms with Gasteiger partial charge in [0.25, 0.3) is 5.91 Å². The zero-order valence-corrected chi connectivity index (χ0v) is 14.1. The molecular weight excluding hydrogens is 304 g/mol. The van der Waals surface area contributed by atoms with Gasteiger partial charge >= 0.3 is 0 Å². The van der Waals surface area contributed by atoms with Crippen molar-refractivity contribution in [2.45, 2.75) is 33.7 Å². The number of aromatic nitrogens is 1. The second-order valence-corrected chi connectivity index (χ2v) is 5.85. The molecule has 2 heterocycles. The molecule has 0 aliphatic heterocycles. The normalized spacial score (nSPS) is 10.8. The molecule has 0 bridgehead atoms. The van der Waals surface area contributed by atoms with E-state index in [2.05, 4.69) is 10.5 Å². The zero-order valence-electron chi connectivity index (χ0n) is 14.1. The van der Waals surface area contributed by atoms with Gasteiger partial charge in [-0.1, -0.05) is 29.4 Å². The van der Waals surface area contributed by atoms with Gasteiger partial charge in [0, 0.05) is 18.5 Å². The van der Waals surface area contributed by atoms with Crippen LogP contribution in [0, 0.1) is 20.8 Å². The first-order valence-electron chi connectivity index (χ1n) is 7.87. The lowest BCUT2D eigenvalue weighted by Crippen LogP contribution is -2.22. The van der Waals surface area contributed by atoms with E-state index in [0.29, 0.717) is 24.5 Å². The highest BCUT2D eigenvalue weighted by atomic mass is 16.5. The van der Waals surface area contributed by atoms with Gasteiger partial charge in [-0.25, -0.2) is 0 Å². The number of hydrogen-bond donors (Lipinski definition) is 1. The number of nitrogens with one attached hydrogen (secondary N) is 1. The molecule has 0 atom stereocenters. The van der Waals surface area contributed by atoms with Crippen LogP contribution in [0.5, 0.6) is 0 Å². The molecule has 3 aromatic rings. The average Bonchev–Trinajstić information content (AvgIpc) is 3.16. The molecule has 0 spiro atoms. The maximum Gasteiger partial charge on any atom is 0.287 e. The predicted octanol–water partition coefficient (Wildman–Crippen LogP) is 3.71. The number of furan rings is 1. The van der Waals surface area contributed by atoms with E-state index in [1.54, 1.807) is 6.07 Å². The Morgan fingerprint density at radius 2 is 1.92 bits per heavy atom. The minimum atomic E-state index is -0.219. The summed E-state index contributed by atoms with van der Waals surface area (Å²) in [5, 5.41) is 6.82. The zero-order chi connectivity index (χ0) is 17.1. The quantitative estimate of drug-likeness (QED) is 0.777. The third-order valence-corrected chi connectivity index (χ3v) is 4.12. The monoisotopic (exact) mass is 324 g/mol. The second-order valence-electron chi connectivity index (χ2n) is 5.85.